The van der Waals surface area contributed by atoms with Gasteiger partial charge in [0.15, 0.2) is 0 Å². The third-order valence-corrected chi connectivity index (χ3v) is 2.96. The van der Waals surface area contributed by atoms with Crippen molar-refractivity contribution in [2.45, 2.75) is 12.3 Å². The Morgan fingerprint density at radius 3 is 2.59 bits per heavy atom. The van der Waals surface area contributed by atoms with Crippen LogP contribution in [0.5, 0.6) is 0 Å². The normalized spacial score (nSPS) is 11.8. The van der Waals surface area contributed by atoms with Crippen molar-refractivity contribution >= 4 is 63.4 Å². The summed E-state index contributed by atoms with van der Waals surface area (Å²) in [6.45, 7) is 1.47. The van der Waals surface area contributed by atoms with Crippen LogP contribution in [0.2, 0.25) is 5.02 Å². The predicted molar refractivity (Wildman–Crippen MR) is 76.6 cm³/mol. The van der Waals surface area contributed by atoms with Crippen LogP contribution in [-0.4, -0.2) is 17.3 Å². The summed E-state index contributed by atoms with van der Waals surface area (Å²) in [5.74, 6) is -0.564. The topological polar surface area (TPSA) is 58.2 Å². The lowest BCUT2D eigenvalue weighted by molar-refractivity contribution is -0.119. The number of halogens is 3. The fourth-order valence-electron chi connectivity index (χ4n) is 0.956. The van der Waals surface area contributed by atoms with Crippen LogP contribution in [0.1, 0.15) is 6.92 Å². The van der Waals surface area contributed by atoms with E-state index >= 15 is 0 Å². The molecule has 0 aliphatic heterocycles. The molecule has 0 bridgehead atoms. The molecule has 1 atom stereocenters. The molecule has 0 aliphatic rings. The second-order valence-electron chi connectivity index (χ2n) is 3.18. The minimum atomic E-state index is -0.770. The SMILES string of the molecule is CC(Cl)C(=O)NC(=O)Nc1ccc(I)cc1Cl. The van der Waals surface area contributed by atoms with Crippen LogP contribution < -0.4 is 10.6 Å². The zero-order valence-electron chi connectivity index (χ0n) is 8.76. The zero-order valence-corrected chi connectivity index (χ0v) is 12.4. The summed E-state index contributed by atoms with van der Waals surface area (Å²) in [6.07, 6.45) is 0. The van der Waals surface area contributed by atoms with Gasteiger partial charge in [0, 0.05) is 3.57 Å². The summed E-state index contributed by atoms with van der Waals surface area (Å²) in [5.41, 5.74) is 0.430. The number of carbonyl (C=O) groups excluding carboxylic acids is 2. The van der Waals surface area contributed by atoms with Gasteiger partial charge in [-0.15, -0.1) is 11.6 Å². The smallest absolute Gasteiger partial charge is 0.306 e. The van der Waals surface area contributed by atoms with Crippen LogP contribution in [0, 0.1) is 3.57 Å². The molecule has 7 heteroatoms. The molecule has 0 spiro atoms. The molecule has 0 aromatic heterocycles. The highest BCUT2D eigenvalue weighted by molar-refractivity contribution is 14.1. The first-order valence-corrected chi connectivity index (χ1v) is 6.50. The fraction of sp³-hybridized carbons (Fsp3) is 0.200. The number of rotatable bonds is 2. The van der Waals surface area contributed by atoms with Gasteiger partial charge in [0.05, 0.1) is 10.7 Å². The lowest BCUT2D eigenvalue weighted by Gasteiger charge is -2.09. The number of anilines is 1. The molecule has 0 saturated heterocycles. The molecule has 0 saturated carbocycles. The third-order valence-electron chi connectivity index (χ3n) is 1.78. The van der Waals surface area contributed by atoms with Gasteiger partial charge >= 0.3 is 6.03 Å². The molecular weight excluding hydrogens is 378 g/mol. The summed E-state index contributed by atoms with van der Waals surface area (Å²) >= 11 is 13.5. The standard InChI is InChI=1S/C10H9Cl2IN2O2/c1-5(11)9(16)15-10(17)14-8-3-2-6(13)4-7(8)12/h2-5H,1H3,(H2,14,15,16,17). The molecule has 1 unspecified atom stereocenters. The van der Waals surface area contributed by atoms with Gasteiger partial charge in [-0.3, -0.25) is 10.1 Å². The van der Waals surface area contributed by atoms with E-state index in [4.69, 9.17) is 23.2 Å². The van der Waals surface area contributed by atoms with E-state index < -0.39 is 17.3 Å². The second-order valence-corrected chi connectivity index (χ2v) is 5.49. The molecule has 0 radical (unpaired) electrons. The largest absolute Gasteiger partial charge is 0.325 e. The Morgan fingerprint density at radius 2 is 2.06 bits per heavy atom. The Bertz CT molecular complexity index is 452. The molecule has 4 nitrogen and oxygen atoms in total. The zero-order chi connectivity index (χ0) is 13.0. The van der Waals surface area contributed by atoms with Crippen LogP contribution in [0.3, 0.4) is 0 Å². The lowest BCUT2D eigenvalue weighted by atomic mass is 10.3. The van der Waals surface area contributed by atoms with Crippen molar-refractivity contribution in [1.82, 2.24) is 5.32 Å². The molecule has 1 aromatic carbocycles. The lowest BCUT2D eigenvalue weighted by Crippen LogP contribution is -2.38. The number of hydrogen-bond acceptors (Lipinski definition) is 2. The average molecular weight is 387 g/mol. The van der Waals surface area contributed by atoms with Crippen molar-refractivity contribution in [3.63, 3.8) is 0 Å². The Labute approximate surface area is 122 Å². The number of imide groups is 1. The Morgan fingerprint density at radius 1 is 1.41 bits per heavy atom. The van der Waals surface area contributed by atoms with Crippen molar-refractivity contribution in [2.75, 3.05) is 5.32 Å². The van der Waals surface area contributed by atoms with Gasteiger partial charge in [-0.25, -0.2) is 4.79 Å². The van der Waals surface area contributed by atoms with Crippen LogP contribution in [0.4, 0.5) is 10.5 Å². The monoisotopic (exact) mass is 386 g/mol. The molecule has 0 heterocycles. The van der Waals surface area contributed by atoms with Crippen LogP contribution in [0.25, 0.3) is 0 Å². The Hall–Kier alpha value is -0.530. The molecule has 92 valence electrons. The maximum absolute atomic E-state index is 11.4. The maximum atomic E-state index is 11.4. The first-order chi connectivity index (χ1) is 7.90. The van der Waals surface area contributed by atoms with E-state index in [0.717, 1.165) is 3.57 Å². The van der Waals surface area contributed by atoms with Crippen LogP contribution in [0.15, 0.2) is 18.2 Å². The van der Waals surface area contributed by atoms with Crippen molar-refractivity contribution in [2.24, 2.45) is 0 Å². The summed E-state index contributed by atoms with van der Waals surface area (Å²) in [4.78, 5) is 22.5. The highest BCUT2D eigenvalue weighted by Gasteiger charge is 2.13. The molecule has 0 aliphatic carbocycles. The number of hydrogen-bond donors (Lipinski definition) is 2. The number of urea groups is 1. The van der Waals surface area contributed by atoms with Gasteiger partial charge < -0.3 is 5.32 Å². The van der Waals surface area contributed by atoms with Crippen molar-refractivity contribution in [3.8, 4) is 0 Å². The van der Waals surface area contributed by atoms with E-state index in [-0.39, 0.29) is 0 Å². The molecular formula is C10H9Cl2IN2O2. The molecule has 1 rings (SSSR count). The highest BCUT2D eigenvalue weighted by atomic mass is 127. The number of carbonyl (C=O) groups is 2. The summed E-state index contributed by atoms with van der Waals surface area (Å²) in [6, 6.07) is 4.47. The number of amides is 3. The predicted octanol–water partition coefficient (Wildman–Crippen LogP) is 3.22. The van der Waals surface area contributed by atoms with Crippen LogP contribution >= 0.6 is 45.8 Å². The first kappa shape index (κ1) is 14.5. The molecule has 17 heavy (non-hydrogen) atoms. The number of benzene rings is 1. The Balaban J connectivity index is 2.65. The van der Waals surface area contributed by atoms with Crippen molar-refractivity contribution in [1.29, 1.82) is 0 Å². The Kier molecular flexibility index (Phi) is 5.48. The quantitative estimate of drug-likeness (QED) is 0.605. The van der Waals surface area contributed by atoms with E-state index in [1.165, 1.54) is 6.92 Å². The van der Waals surface area contributed by atoms with Crippen molar-refractivity contribution in [3.05, 3.63) is 26.8 Å². The summed E-state index contributed by atoms with van der Waals surface area (Å²) in [5, 5.41) is 4.18. The molecule has 1 aromatic rings. The summed E-state index contributed by atoms with van der Waals surface area (Å²) < 4.78 is 0.948. The van der Waals surface area contributed by atoms with E-state index in [9.17, 15) is 9.59 Å². The average Bonchev–Trinajstić information content (AvgIpc) is 2.22. The van der Waals surface area contributed by atoms with Gasteiger partial charge in [-0.2, -0.15) is 0 Å². The number of alkyl halides is 1. The van der Waals surface area contributed by atoms with Crippen LogP contribution in [-0.2, 0) is 4.79 Å². The van der Waals surface area contributed by atoms with Gasteiger partial charge in [-0.1, -0.05) is 11.6 Å². The molecule has 3 amide bonds. The van der Waals surface area contributed by atoms with E-state index in [1.54, 1.807) is 18.2 Å². The van der Waals surface area contributed by atoms with E-state index in [1.807, 2.05) is 0 Å². The number of nitrogens with one attached hydrogen (secondary N) is 2. The van der Waals surface area contributed by atoms with E-state index in [2.05, 4.69) is 33.2 Å². The third kappa shape index (κ3) is 4.69. The minimum Gasteiger partial charge on any atom is -0.306 e. The van der Waals surface area contributed by atoms with Gasteiger partial charge in [0.25, 0.3) is 0 Å². The molecule has 0 fully saturated rings. The van der Waals surface area contributed by atoms with Crippen molar-refractivity contribution < 1.29 is 9.59 Å². The van der Waals surface area contributed by atoms with E-state index in [0.29, 0.717) is 10.7 Å². The summed E-state index contributed by atoms with van der Waals surface area (Å²) in [7, 11) is 0. The second kappa shape index (κ2) is 6.42. The molecule has 2 N–H and O–H groups in total. The first-order valence-electron chi connectivity index (χ1n) is 4.61. The maximum Gasteiger partial charge on any atom is 0.325 e. The van der Waals surface area contributed by atoms with Gasteiger partial charge in [0.1, 0.15) is 5.38 Å². The highest BCUT2D eigenvalue weighted by Crippen LogP contribution is 2.23. The fourth-order valence-corrected chi connectivity index (χ4v) is 1.91. The van der Waals surface area contributed by atoms with Gasteiger partial charge in [-0.05, 0) is 47.7 Å². The minimum absolute atomic E-state index is 0.401. The van der Waals surface area contributed by atoms with Gasteiger partial charge in [0.2, 0.25) is 5.91 Å².